The maximum absolute atomic E-state index is 12.4. The van der Waals surface area contributed by atoms with Gasteiger partial charge in [0.1, 0.15) is 23.0 Å². The number of anilines is 1. The number of hydrogen-bond donors (Lipinski definition) is 0. The summed E-state index contributed by atoms with van der Waals surface area (Å²) in [5.41, 5.74) is -0.241. The lowest BCUT2D eigenvalue weighted by atomic mass is 9.96. The number of carbonyl (C=O) groups excluding carboxylic acids is 3. The molecule has 1 saturated heterocycles. The number of nitriles is 1. The van der Waals surface area contributed by atoms with Gasteiger partial charge in [-0.25, -0.2) is 4.79 Å². The second-order valence-corrected chi connectivity index (χ2v) is 8.99. The number of esters is 2. The lowest BCUT2D eigenvalue weighted by Crippen LogP contribution is -2.39. The molecule has 1 aliphatic rings. The molecule has 0 unspecified atom stereocenters. The van der Waals surface area contributed by atoms with Crippen molar-refractivity contribution >= 4 is 23.5 Å². The first-order valence-electron chi connectivity index (χ1n) is 11.3. The van der Waals surface area contributed by atoms with E-state index in [0.29, 0.717) is 44.6 Å². The molecule has 2 heterocycles. The van der Waals surface area contributed by atoms with Crippen molar-refractivity contribution in [3.8, 4) is 11.9 Å². The van der Waals surface area contributed by atoms with E-state index >= 15 is 0 Å². The van der Waals surface area contributed by atoms with Crippen LogP contribution in [0.25, 0.3) is 0 Å². The summed E-state index contributed by atoms with van der Waals surface area (Å²) >= 11 is 0. The van der Waals surface area contributed by atoms with E-state index in [0.717, 1.165) is 0 Å². The van der Waals surface area contributed by atoms with Gasteiger partial charge in [-0.05, 0) is 59.9 Å². The molecule has 1 fully saturated rings. The highest BCUT2D eigenvalue weighted by molar-refractivity contribution is 5.93. The number of carbonyl (C=O) groups is 3. The summed E-state index contributed by atoms with van der Waals surface area (Å²) in [6.07, 6.45) is 1.97. The molecule has 2 rings (SSSR count). The van der Waals surface area contributed by atoms with E-state index in [1.807, 2.05) is 25.7 Å². The van der Waals surface area contributed by atoms with Crippen LogP contribution in [0.1, 0.15) is 76.2 Å². The van der Waals surface area contributed by atoms with Crippen LogP contribution in [0.2, 0.25) is 0 Å². The molecular formula is C24H33N3O6. The molecule has 33 heavy (non-hydrogen) atoms. The number of pyridine rings is 1. The number of ether oxygens (including phenoxy) is 3. The number of rotatable bonds is 9. The van der Waals surface area contributed by atoms with Gasteiger partial charge in [-0.2, -0.15) is 10.2 Å². The molecule has 0 atom stereocenters. The summed E-state index contributed by atoms with van der Waals surface area (Å²) in [4.78, 5) is 42.4. The highest BCUT2D eigenvalue weighted by atomic mass is 16.6. The number of hydrogen-bond acceptors (Lipinski definition) is 9. The Morgan fingerprint density at radius 3 is 2.45 bits per heavy atom. The summed E-state index contributed by atoms with van der Waals surface area (Å²) in [5.74, 6) is -0.547. The highest BCUT2D eigenvalue weighted by Crippen LogP contribution is 2.30. The predicted octanol–water partition coefficient (Wildman–Crippen LogP) is 3.44. The van der Waals surface area contributed by atoms with E-state index in [2.05, 4.69) is 11.1 Å². The third kappa shape index (κ3) is 7.74. The van der Waals surface area contributed by atoms with E-state index < -0.39 is 11.6 Å². The molecule has 1 aromatic rings. The van der Waals surface area contributed by atoms with Crippen molar-refractivity contribution in [2.45, 2.75) is 65.9 Å². The molecule has 9 nitrogen and oxygen atoms in total. The predicted molar refractivity (Wildman–Crippen MR) is 121 cm³/mol. The third-order valence-electron chi connectivity index (χ3n) is 5.03. The van der Waals surface area contributed by atoms with Crippen LogP contribution in [0.5, 0.6) is 5.88 Å². The van der Waals surface area contributed by atoms with Crippen molar-refractivity contribution < 1.29 is 28.6 Å². The van der Waals surface area contributed by atoms with Gasteiger partial charge in [0, 0.05) is 19.5 Å². The number of piperidine rings is 1. The Balaban J connectivity index is 2.23. The first-order valence-corrected chi connectivity index (χ1v) is 11.3. The van der Waals surface area contributed by atoms with Gasteiger partial charge >= 0.3 is 11.9 Å². The average molecular weight is 460 g/mol. The van der Waals surface area contributed by atoms with Crippen molar-refractivity contribution in [3.63, 3.8) is 0 Å². The van der Waals surface area contributed by atoms with Gasteiger partial charge in [0.05, 0.1) is 24.7 Å². The Hall–Kier alpha value is -3.15. The van der Waals surface area contributed by atoms with E-state index in [1.165, 1.54) is 13.0 Å². The maximum Gasteiger partial charge on any atom is 0.343 e. The number of ketones is 1. The minimum atomic E-state index is -0.627. The SMILES string of the molecule is CCOC(=O)c1cc(C#N)c(N2CCC(C(=O)OC(C)(C)C)CC2)nc1OCCCC(C)=O. The van der Waals surface area contributed by atoms with Crippen LogP contribution in [0.4, 0.5) is 5.82 Å². The van der Waals surface area contributed by atoms with Crippen molar-refractivity contribution in [2.75, 3.05) is 31.2 Å². The first-order chi connectivity index (χ1) is 15.6. The monoisotopic (exact) mass is 459 g/mol. The normalized spacial score (nSPS) is 14.4. The van der Waals surface area contributed by atoms with E-state index in [-0.39, 0.29) is 47.9 Å². The number of aromatic nitrogens is 1. The van der Waals surface area contributed by atoms with E-state index in [9.17, 15) is 19.6 Å². The fourth-order valence-electron chi connectivity index (χ4n) is 3.48. The summed E-state index contributed by atoms with van der Waals surface area (Å²) < 4.78 is 16.3. The summed E-state index contributed by atoms with van der Waals surface area (Å²) in [6.45, 7) is 10.1. The molecule has 0 aromatic carbocycles. The summed E-state index contributed by atoms with van der Waals surface area (Å²) in [6, 6.07) is 3.53. The molecule has 1 aromatic heterocycles. The maximum atomic E-state index is 12.4. The lowest BCUT2D eigenvalue weighted by Gasteiger charge is -2.33. The van der Waals surface area contributed by atoms with Crippen LogP contribution in [0.15, 0.2) is 6.07 Å². The molecule has 0 radical (unpaired) electrons. The lowest BCUT2D eigenvalue weighted by molar-refractivity contribution is -0.160. The molecule has 1 aliphatic heterocycles. The molecule has 0 saturated carbocycles. The van der Waals surface area contributed by atoms with Crippen molar-refractivity contribution in [3.05, 3.63) is 17.2 Å². The Labute approximate surface area is 195 Å². The van der Waals surface area contributed by atoms with Crippen LogP contribution >= 0.6 is 0 Å². The smallest absolute Gasteiger partial charge is 0.343 e. The zero-order chi connectivity index (χ0) is 24.6. The minimum Gasteiger partial charge on any atom is -0.477 e. The van der Waals surface area contributed by atoms with Crippen LogP contribution in [0.3, 0.4) is 0 Å². The molecule has 0 spiro atoms. The second kappa shape index (κ2) is 11.6. The van der Waals surface area contributed by atoms with Gasteiger partial charge in [0.2, 0.25) is 5.88 Å². The quantitative estimate of drug-likeness (QED) is 0.404. The molecule has 0 bridgehead atoms. The second-order valence-electron chi connectivity index (χ2n) is 8.99. The Bertz CT molecular complexity index is 908. The van der Waals surface area contributed by atoms with Crippen LogP contribution in [0, 0.1) is 17.2 Å². The Kier molecular flexibility index (Phi) is 9.21. The van der Waals surface area contributed by atoms with Crippen LogP contribution in [-0.2, 0) is 19.1 Å². The third-order valence-corrected chi connectivity index (χ3v) is 5.03. The molecule has 9 heteroatoms. The van der Waals surface area contributed by atoms with Gasteiger partial charge in [-0.3, -0.25) is 4.79 Å². The standard InChI is InChI=1S/C24H33N3O6/c1-6-31-23(30)19-14-18(15-25)20(26-21(19)32-13-7-8-16(2)28)27-11-9-17(10-12-27)22(29)33-24(3,4)5/h14,17H,6-13H2,1-5H3. The topological polar surface area (TPSA) is 119 Å². The fourth-order valence-corrected chi connectivity index (χ4v) is 3.48. The molecule has 0 N–H and O–H groups in total. The Morgan fingerprint density at radius 2 is 1.91 bits per heavy atom. The molecule has 0 aliphatic carbocycles. The summed E-state index contributed by atoms with van der Waals surface area (Å²) in [5, 5.41) is 9.70. The van der Waals surface area contributed by atoms with Crippen molar-refractivity contribution in [2.24, 2.45) is 5.92 Å². The average Bonchev–Trinajstić information content (AvgIpc) is 2.75. The van der Waals surface area contributed by atoms with Crippen molar-refractivity contribution in [1.29, 1.82) is 5.26 Å². The van der Waals surface area contributed by atoms with Gasteiger partial charge in [-0.1, -0.05) is 0 Å². The molecule has 180 valence electrons. The molecule has 0 amide bonds. The van der Waals surface area contributed by atoms with Gasteiger partial charge in [0.15, 0.2) is 5.82 Å². The van der Waals surface area contributed by atoms with Gasteiger partial charge < -0.3 is 23.9 Å². The van der Waals surface area contributed by atoms with Gasteiger partial charge in [0.25, 0.3) is 0 Å². The van der Waals surface area contributed by atoms with Crippen molar-refractivity contribution in [1.82, 2.24) is 4.98 Å². The fraction of sp³-hybridized carbons (Fsp3) is 0.625. The van der Waals surface area contributed by atoms with E-state index in [1.54, 1.807) is 6.92 Å². The largest absolute Gasteiger partial charge is 0.477 e. The van der Waals surface area contributed by atoms with Gasteiger partial charge in [-0.15, -0.1) is 0 Å². The zero-order valence-electron chi connectivity index (χ0n) is 20.1. The van der Waals surface area contributed by atoms with Crippen LogP contribution < -0.4 is 9.64 Å². The van der Waals surface area contributed by atoms with Crippen LogP contribution in [-0.4, -0.2) is 54.6 Å². The molecular weight excluding hydrogens is 426 g/mol. The zero-order valence-corrected chi connectivity index (χ0v) is 20.1. The highest BCUT2D eigenvalue weighted by Gasteiger charge is 2.31. The number of Topliss-reactive ketones (excluding diaryl/α,β-unsaturated/α-hetero) is 1. The minimum absolute atomic E-state index is 0.0468. The number of nitrogens with zero attached hydrogens (tertiary/aromatic N) is 3. The Morgan fingerprint density at radius 1 is 1.24 bits per heavy atom. The van der Waals surface area contributed by atoms with E-state index in [4.69, 9.17) is 14.2 Å². The summed E-state index contributed by atoms with van der Waals surface area (Å²) in [7, 11) is 0. The first kappa shape index (κ1) is 26.1.